The number of amides is 3. The highest BCUT2D eigenvalue weighted by Gasteiger charge is 2.26. The number of carboxylic acid groups (broad SMARTS) is 1. The van der Waals surface area contributed by atoms with Crippen molar-refractivity contribution in [1.29, 1.82) is 0 Å². The van der Waals surface area contributed by atoms with Gasteiger partial charge in [0.1, 0.15) is 18.1 Å². The summed E-state index contributed by atoms with van der Waals surface area (Å²) in [7, 11) is 0. The number of aliphatic hydroxyl groups is 1. The van der Waals surface area contributed by atoms with Crippen LogP contribution in [0.15, 0.2) is 30.3 Å². The molecule has 1 aromatic carbocycles. The highest BCUT2D eigenvalue weighted by atomic mass is 16.4. The molecule has 0 saturated carbocycles. The summed E-state index contributed by atoms with van der Waals surface area (Å²) in [4.78, 5) is 47.0. The first-order valence-corrected chi connectivity index (χ1v) is 8.26. The van der Waals surface area contributed by atoms with Crippen molar-refractivity contribution >= 4 is 23.7 Å². The lowest BCUT2D eigenvalue weighted by Gasteiger charge is -2.22. The van der Waals surface area contributed by atoms with Gasteiger partial charge >= 0.3 is 5.97 Å². The summed E-state index contributed by atoms with van der Waals surface area (Å²) < 4.78 is 0. The summed E-state index contributed by atoms with van der Waals surface area (Å²) in [5.74, 6) is -3.34. The molecule has 27 heavy (non-hydrogen) atoms. The van der Waals surface area contributed by atoms with Crippen LogP contribution < -0.4 is 21.7 Å². The fourth-order valence-corrected chi connectivity index (χ4v) is 2.17. The molecule has 0 spiro atoms. The standard InChI is InChI=1S/C17H24N4O6/c1-10(15(24)21-13(9-22)17(26)27)19-16(25)12(20-14(23)8-18)7-11-5-3-2-4-6-11/h2-6,10,12-13,22H,7-9,18H2,1H3,(H,19,25)(H,20,23)(H,21,24)(H,26,27)/t10-,12-,13-/m0/s1. The van der Waals surface area contributed by atoms with Gasteiger partial charge in [-0.3, -0.25) is 14.4 Å². The lowest BCUT2D eigenvalue weighted by atomic mass is 10.0. The number of carbonyl (C=O) groups is 4. The molecule has 0 radical (unpaired) electrons. The third kappa shape index (κ3) is 7.42. The van der Waals surface area contributed by atoms with Crippen LogP contribution in [0.3, 0.4) is 0 Å². The van der Waals surface area contributed by atoms with E-state index in [2.05, 4.69) is 16.0 Å². The van der Waals surface area contributed by atoms with E-state index in [4.69, 9.17) is 15.9 Å². The highest BCUT2D eigenvalue weighted by molar-refractivity contribution is 5.93. The molecule has 0 aliphatic heterocycles. The average Bonchev–Trinajstić information content (AvgIpc) is 2.65. The van der Waals surface area contributed by atoms with E-state index < -0.39 is 48.4 Å². The smallest absolute Gasteiger partial charge is 0.328 e. The lowest BCUT2D eigenvalue weighted by molar-refractivity contribution is -0.143. The number of hydrogen-bond acceptors (Lipinski definition) is 6. The van der Waals surface area contributed by atoms with E-state index in [1.165, 1.54) is 6.92 Å². The largest absolute Gasteiger partial charge is 0.480 e. The van der Waals surface area contributed by atoms with Crippen LogP contribution in [-0.2, 0) is 25.6 Å². The maximum absolute atomic E-state index is 12.5. The zero-order valence-electron chi connectivity index (χ0n) is 14.8. The molecule has 0 aliphatic carbocycles. The summed E-state index contributed by atoms with van der Waals surface area (Å²) in [6, 6.07) is 5.41. The van der Waals surface area contributed by atoms with Gasteiger partial charge in [0.2, 0.25) is 17.7 Å². The zero-order chi connectivity index (χ0) is 20.4. The minimum atomic E-state index is -1.48. The van der Waals surface area contributed by atoms with E-state index in [9.17, 15) is 19.2 Å². The molecule has 10 heteroatoms. The lowest BCUT2D eigenvalue weighted by Crippen LogP contribution is -2.56. The second-order valence-electron chi connectivity index (χ2n) is 5.83. The number of nitrogens with one attached hydrogen (secondary N) is 3. The summed E-state index contributed by atoms with van der Waals surface area (Å²) in [6.45, 7) is 0.268. The third-order valence-corrected chi connectivity index (χ3v) is 3.67. The Bertz CT molecular complexity index is 667. The number of aliphatic carboxylic acids is 1. The third-order valence-electron chi connectivity index (χ3n) is 3.67. The van der Waals surface area contributed by atoms with Crippen molar-refractivity contribution in [3.05, 3.63) is 35.9 Å². The predicted octanol–water partition coefficient (Wildman–Crippen LogP) is -2.26. The SMILES string of the molecule is C[C@H](NC(=O)[C@H](Cc1ccccc1)NC(=O)CN)C(=O)N[C@@H](CO)C(=O)O. The van der Waals surface area contributed by atoms with E-state index in [1.807, 2.05) is 6.07 Å². The Morgan fingerprint density at radius 3 is 2.15 bits per heavy atom. The van der Waals surface area contributed by atoms with Crippen LogP contribution in [0, 0.1) is 0 Å². The van der Waals surface area contributed by atoms with E-state index in [-0.39, 0.29) is 13.0 Å². The maximum Gasteiger partial charge on any atom is 0.328 e. The molecule has 0 saturated heterocycles. The van der Waals surface area contributed by atoms with E-state index >= 15 is 0 Å². The quantitative estimate of drug-likeness (QED) is 0.266. The van der Waals surface area contributed by atoms with Crippen molar-refractivity contribution in [3.8, 4) is 0 Å². The van der Waals surface area contributed by atoms with Crippen molar-refractivity contribution < 1.29 is 29.4 Å². The Morgan fingerprint density at radius 1 is 1.00 bits per heavy atom. The molecule has 0 aliphatic rings. The Kier molecular flexibility index (Phi) is 8.90. The van der Waals surface area contributed by atoms with Gasteiger partial charge in [0.05, 0.1) is 13.2 Å². The summed E-state index contributed by atoms with van der Waals surface area (Å²) in [5, 5.41) is 24.8. The Labute approximate surface area is 156 Å². The van der Waals surface area contributed by atoms with Crippen molar-refractivity contribution in [3.63, 3.8) is 0 Å². The van der Waals surface area contributed by atoms with Crippen LogP contribution in [0.25, 0.3) is 0 Å². The predicted molar refractivity (Wildman–Crippen MR) is 95.4 cm³/mol. The van der Waals surface area contributed by atoms with Gasteiger partial charge in [-0.2, -0.15) is 0 Å². The van der Waals surface area contributed by atoms with Gasteiger partial charge in [0.25, 0.3) is 0 Å². The number of rotatable bonds is 10. The van der Waals surface area contributed by atoms with Gasteiger partial charge in [-0.15, -0.1) is 0 Å². The molecule has 0 aromatic heterocycles. The number of aliphatic hydroxyl groups excluding tert-OH is 1. The monoisotopic (exact) mass is 380 g/mol. The first-order chi connectivity index (χ1) is 12.8. The number of carboxylic acids is 1. The second kappa shape index (κ2) is 10.9. The molecule has 148 valence electrons. The molecule has 1 aromatic rings. The maximum atomic E-state index is 12.5. The molecule has 1 rings (SSSR count). The van der Waals surface area contributed by atoms with Crippen LogP contribution in [0.2, 0.25) is 0 Å². The molecule has 0 bridgehead atoms. The number of nitrogens with two attached hydrogens (primary N) is 1. The minimum absolute atomic E-state index is 0.182. The number of carbonyl (C=O) groups excluding carboxylic acids is 3. The first-order valence-electron chi connectivity index (χ1n) is 8.26. The van der Waals surface area contributed by atoms with Crippen molar-refractivity contribution in [1.82, 2.24) is 16.0 Å². The van der Waals surface area contributed by atoms with Crippen molar-refractivity contribution in [2.45, 2.75) is 31.5 Å². The van der Waals surface area contributed by atoms with Gasteiger partial charge in [0, 0.05) is 6.42 Å². The molecule has 3 amide bonds. The highest BCUT2D eigenvalue weighted by Crippen LogP contribution is 2.04. The molecule has 10 nitrogen and oxygen atoms in total. The van der Waals surface area contributed by atoms with Crippen LogP contribution in [0.4, 0.5) is 0 Å². The van der Waals surface area contributed by atoms with Crippen molar-refractivity contribution in [2.24, 2.45) is 5.73 Å². The zero-order valence-corrected chi connectivity index (χ0v) is 14.8. The van der Waals surface area contributed by atoms with Gasteiger partial charge in [-0.25, -0.2) is 4.79 Å². The van der Waals surface area contributed by atoms with Gasteiger partial charge in [-0.05, 0) is 12.5 Å². The Balaban J connectivity index is 2.77. The van der Waals surface area contributed by atoms with Crippen LogP contribution in [0.1, 0.15) is 12.5 Å². The Hall–Kier alpha value is -2.98. The van der Waals surface area contributed by atoms with Gasteiger partial charge in [0.15, 0.2) is 0 Å². The molecule has 0 fully saturated rings. The molecular formula is C17H24N4O6. The topological polar surface area (TPSA) is 171 Å². The minimum Gasteiger partial charge on any atom is -0.480 e. The number of benzene rings is 1. The number of hydrogen-bond donors (Lipinski definition) is 6. The molecule has 7 N–H and O–H groups in total. The van der Waals surface area contributed by atoms with Gasteiger partial charge < -0.3 is 31.9 Å². The summed E-state index contributed by atoms with van der Waals surface area (Å²) >= 11 is 0. The van der Waals surface area contributed by atoms with Crippen LogP contribution in [0.5, 0.6) is 0 Å². The normalized spacial score (nSPS) is 13.7. The van der Waals surface area contributed by atoms with Crippen LogP contribution in [-0.4, -0.2) is 65.2 Å². The summed E-state index contributed by atoms with van der Waals surface area (Å²) in [6.07, 6.45) is 0.182. The summed E-state index contributed by atoms with van der Waals surface area (Å²) in [5.41, 5.74) is 6.06. The average molecular weight is 380 g/mol. The van der Waals surface area contributed by atoms with E-state index in [0.717, 1.165) is 5.56 Å². The van der Waals surface area contributed by atoms with Gasteiger partial charge in [-0.1, -0.05) is 30.3 Å². The van der Waals surface area contributed by atoms with E-state index in [0.29, 0.717) is 0 Å². The molecule has 0 unspecified atom stereocenters. The first kappa shape index (κ1) is 22.1. The fourth-order valence-electron chi connectivity index (χ4n) is 2.17. The van der Waals surface area contributed by atoms with Crippen LogP contribution >= 0.6 is 0 Å². The molecular weight excluding hydrogens is 356 g/mol. The fraction of sp³-hybridized carbons (Fsp3) is 0.412. The van der Waals surface area contributed by atoms with Crippen molar-refractivity contribution in [2.75, 3.05) is 13.2 Å². The van der Waals surface area contributed by atoms with E-state index in [1.54, 1.807) is 24.3 Å². The second-order valence-corrected chi connectivity index (χ2v) is 5.83. The Morgan fingerprint density at radius 2 is 1.63 bits per heavy atom. The molecule has 3 atom stereocenters. The molecule has 0 heterocycles.